The van der Waals surface area contributed by atoms with E-state index < -0.39 is 5.12 Å². The summed E-state index contributed by atoms with van der Waals surface area (Å²) in [6.45, 7) is 6.11. The van der Waals surface area contributed by atoms with Crippen LogP contribution in [0, 0.1) is 0 Å². The minimum atomic E-state index is -0.542. The van der Waals surface area contributed by atoms with Crippen molar-refractivity contribution in [3.8, 4) is 0 Å². The Labute approximate surface area is 118 Å². The molecule has 1 fully saturated rings. The van der Waals surface area contributed by atoms with E-state index in [0.717, 1.165) is 31.1 Å². The molecule has 1 aromatic rings. The van der Waals surface area contributed by atoms with Crippen LogP contribution in [0.15, 0.2) is 24.4 Å². The van der Waals surface area contributed by atoms with E-state index in [1.807, 2.05) is 25.1 Å². The normalized spacial score (nSPS) is 26.7. The lowest BCUT2D eigenvalue weighted by Gasteiger charge is -2.25. The molecule has 106 valence electrons. The van der Waals surface area contributed by atoms with E-state index in [4.69, 9.17) is 14.2 Å². The van der Waals surface area contributed by atoms with Crippen molar-refractivity contribution in [3.05, 3.63) is 30.1 Å². The van der Waals surface area contributed by atoms with E-state index in [-0.39, 0.29) is 6.10 Å². The summed E-state index contributed by atoms with van der Waals surface area (Å²) in [5.74, 6) is 0.872. The predicted molar refractivity (Wildman–Crippen MR) is 76.0 cm³/mol. The summed E-state index contributed by atoms with van der Waals surface area (Å²) in [5, 5.41) is -0.542. The van der Waals surface area contributed by atoms with Crippen molar-refractivity contribution in [1.29, 1.82) is 0 Å². The molecule has 19 heavy (non-hydrogen) atoms. The van der Waals surface area contributed by atoms with Crippen molar-refractivity contribution in [2.45, 2.75) is 31.5 Å². The lowest BCUT2D eigenvalue weighted by molar-refractivity contribution is -0.0932. The zero-order valence-electron chi connectivity index (χ0n) is 11.5. The molecule has 2 atom stereocenters. The number of thioether (sulfide) groups is 1. The third kappa shape index (κ3) is 3.92. The Kier molecular flexibility index (Phi) is 5.63. The molecule has 1 aliphatic heterocycles. The Morgan fingerprint density at radius 3 is 3.05 bits per heavy atom. The summed E-state index contributed by atoms with van der Waals surface area (Å²) in [4.78, 5) is 4.33. The molecule has 2 unspecified atom stereocenters. The number of aromatic nitrogens is 1. The number of hydrogen-bond acceptors (Lipinski definition) is 5. The van der Waals surface area contributed by atoms with Crippen LogP contribution >= 0.6 is 11.8 Å². The first-order chi connectivity index (χ1) is 9.29. The molecule has 4 nitrogen and oxygen atoms in total. The van der Waals surface area contributed by atoms with Gasteiger partial charge in [0, 0.05) is 25.0 Å². The maximum absolute atomic E-state index is 6.09. The highest BCUT2D eigenvalue weighted by molar-refractivity contribution is 8.00. The van der Waals surface area contributed by atoms with Gasteiger partial charge in [0.25, 0.3) is 0 Å². The van der Waals surface area contributed by atoms with Gasteiger partial charge >= 0.3 is 0 Å². The number of nitrogens with zero attached hydrogens (tertiary/aromatic N) is 1. The highest BCUT2D eigenvalue weighted by Crippen LogP contribution is 2.42. The number of ether oxygens (including phenoxy) is 3. The molecule has 0 N–H and O–H groups in total. The van der Waals surface area contributed by atoms with Crippen molar-refractivity contribution < 1.29 is 14.2 Å². The van der Waals surface area contributed by atoms with Gasteiger partial charge in [-0.2, -0.15) is 0 Å². The Balaban J connectivity index is 1.90. The van der Waals surface area contributed by atoms with E-state index in [9.17, 15) is 0 Å². The fourth-order valence-corrected chi connectivity index (χ4v) is 3.02. The van der Waals surface area contributed by atoms with Gasteiger partial charge in [0.15, 0.2) is 0 Å². The average molecular weight is 283 g/mol. The summed E-state index contributed by atoms with van der Waals surface area (Å²) >= 11 is 1.67. The molecule has 1 aliphatic rings. The molecule has 0 amide bonds. The summed E-state index contributed by atoms with van der Waals surface area (Å²) < 4.78 is 17.3. The Morgan fingerprint density at radius 2 is 2.37 bits per heavy atom. The monoisotopic (exact) mass is 283 g/mol. The van der Waals surface area contributed by atoms with E-state index in [0.29, 0.717) is 6.61 Å². The summed E-state index contributed by atoms with van der Waals surface area (Å²) in [5.41, 5.74) is 0.934. The lowest BCUT2D eigenvalue weighted by atomic mass is 10.2. The second kappa shape index (κ2) is 7.24. The van der Waals surface area contributed by atoms with Gasteiger partial charge < -0.3 is 14.2 Å². The van der Waals surface area contributed by atoms with Crippen molar-refractivity contribution in [2.75, 3.05) is 25.6 Å². The van der Waals surface area contributed by atoms with Crippen LogP contribution in [0.5, 0.6) is 0 Å². The fraction of sp³-hybridized carbons (Fsp3) is 0.643. The fourth-order valence-electron chi connectivity index (χ4n) is 1.96. The molecule has 2 rings (SSSR count). The average Bonchev–Trinajstić information content (AvgIpc) is 2.90. The Morgan fingerprint density at radius 1 is 1.47 bits per heavy atom. The highest BCUT2D eigenvalue weighted by Gasteiger charge is 2.41. The van der Waals surface area contributed by atoms with Crippen LogP contribution in [0.3, 0.4) is 0 Å². The molecule has 1 saturated heterocycles. The van der Waals surface area contributed by atoms with Crippen LogP contribution in [0.4, 0.5) is 0 Å². The maximum atomic E-state index is 6.09. The quantitative estimate of drug-likeness (QED) is 0.719. The van der Waals surface area contributed by atoms with Crippen molar-refractivity contribution in [1.82, 2.24) is 4.98 Å². The topological polar surface area (TPSA) is 40.6 Å². The van der Waals surface area contributed by atoms with Crippen molar-refractivity contribution in [2.24, 2.45) is 0 Å². The van der Waals surface area contributed by atoms with Crippen molar-refractivity contribution in [3.63, 3.8) is 0 Å². The molecule has 1 aromatic heterocycles. The first-order valence-corrected chi connectivity index (χ1v) is 7.72. The van der Waals surface area contributed by atoms with Gasteiger partial charge in [0.2, 0.25) is 5.12 Å². The van der Waals surface area contributed by atoms with Gasteiger partial charge in [0.1, 0.15) is 6.10 Å². The molecule has 2 heterocycles. The second-order valence-corrected chi connectivity index (χ2v) is 5.57. The standard InChI is InChI=1S/C14H21NO3S/c1-3-14(19-10-9-16-4-2)17-11-13(18-14)12-7-5-6-8-15-12/h5-8,13H,3-4,9-11H2,1-2H3. The van der Waals surface area contributed by atoms with Gasteiger partial charge in [0.05, 0.1) is 18.9 Å². The minimum absolute atomic E-state index is 0.0688. The van der Waals surface area contributed by atoms with Gasteiger partial charge in [-0.25, -0.2) is 0 Å². The first-order valence-electron chi connectivity index (χ1n) is 6.74. The Hall–Kier alpha value is -0.620. The maximum Gasteiger partial charge on any atom is 0.218 e. The number of hydrogen-bond donors (Lipinski definition) is 0. The second-order valence-electron chi connectivity index (χ2n) is 4.25. The molecule has 0 aliphatic carbocycles. The van der Waals surface area contributed by atoms with Crippen LogP contribution in [0.25, 0.3) is 0 Å². The van der Waals surface area contributed by atoms with E-state index >= 15 is 0 Å². The zero-order chi connectivity index (χ0) is 13.6. The zero-order valence-corrected chi connectivity index (χ0v) is 12.3. The van der Waals surface area contributed by atoms with Crippen molar-refractivity contribution >= 4 is 11.8 Å². The highest BCUT2D eigenvalue weighted by atomic mass is 32.2. The predicted octanol–water partition coefficient (Wildman–Crippen LogP) is 3.00. The first kappa shape index (κ1) is 14.8. The minimum Gasteiger partial charge on any atom is -0.381 e. The summed E-state index contributed by atoms with van der Waals surface area (Å²) in [6, 6.07) is 5.85. The van der Waals surface area contributed by atoms with Crippen LogP contribution < -0.4 is 0 Å². The molecule has 0 aromatic carbocycles. The third-order valence-corrected chi connectivity index (χ3v) is 4.29. The number of rotatable bonds is 7. The third-order valence-electron chi connectivity index (χ3n) is 2.98. The van der Waals surface area contributed by atoms with E-state index in [2.05, 4.69) is 11.9 Å². The lowest BCUT2D eigenvalue weighted by Crippen LogP contribution is -2.26. The van der Waals surface area contributed by atoms with Gasteiger partial charge in [-0.15, -0.1) is 0 Å². The van der Waals surface area contributed by atoms with E-state index in [1.54, 1.807) is 18.0 Å². The van der Waals surface area contributed by atoms with Gasteiger partial charge in [-0.3, -0.25) is 4.98 Å². The molecule has 0 saturated carbocycles. The molecular formula is C14H21NO3S. The smallest absolute Gasteiger partial charge is 0.218 e. The summed E-state index contributed by atoms with van der Waals surface area (Å²) in [7, 11) is 0. The Bertz CT molecular complexity index is 376. The van der Waals surface area contributed by atoms with E-state index in [1.165, 1.54) is 0 Å². The molecule has 0 radical (unpaired) electrons. The molecule has 0 spiro atoms. The van der Waals surface area contributed by atoms with Crippen LogP contribution in [-0.2, 0) is 14.2 Å². The van der Waals surface area contributed by atoms with Crippen LogP contribution in [0.2, 0.25) is 0 Å². The van der Waals surface area contributed by atoms with Gasteiger partial charge in [-0.1, -0.05) is 24.8 Å². The van der Waals surface area contributed by atoms with Gasteiger partial charge in [-0.05, 0) is 19.1 Å². The largest absolute Gasteiger partial charge is 0.381 e. The molecular weight excluding hydrogens is 262 g/mol. The summed E-state index contributed by atoms with van der Waals surface area (Å²) in [6.07, 6.45) is 2.53. The number of pyridine rings is 1. The van der Waals surface area contributed by atoms with Crippen LogP contribution in [0.1, 0.15) is 32.1 Å². The van der Waals surface area contributed by atoms with Crippen LogP contribution in [-0.4, -0.2) is 35.7 Å². The SMILES string of the molecule is CCOCCSC1(CC)OCC(c2ccccn2)O1. The molecule has 5 heteroatoms. The molecule has 0 bridgehead atoms.